The molecule has 0 saturated carbocycles. The number of hydrogen-bond acceptors (Lipinski definition) is 0. The van der Waals surface area contributed by atoms with Gasteiger partial charge in [0.25, 0.3) is 0 Å². The standard InChI is InChI=1S/C10H15Cl/c11-10-8-6-4-2-1-3-5-7-9-10/h6H,1-5,7,9H2. The Morgan fingerprint density at radius 3 is 2.73 bits per heavy atom. The van der Waals surface area contributed by atoms with E-state index >= 15 is 0 Å². The molecule has 0 fully saturated rings. The summed E-state index contributed by atoms with van der Waals surface area (Å²) in [5.74, 6) is 0. The average molecular weight is 171 g/mol. The minimum absolute atomic E-state index is 0.909. The van der Waals surface area contributed by atoms with Crippen LogP contribution in [0.25, 0.3) is 0 Å². The highest BCUT2D eigenvalue weighted by Gasteiger charge is 1.94. The van der Waals surface area contributed by atoms with Crippen molar-refractivity contribution in [2.75, 3.05) is 0 Å². The molecule has 0 amide bonds. The Morgan fingerprint density at radius 1 is 1.09 bits per heavy atom. The quantitative estimate of drug-likeness (QED) is 0.482. The minimum atomic E-state index is 0.909. The van der Waals surface area contributed by atoms with E-state index in [1.807, 2.05) is 0 Å². The van der Waals surface area contributed by atoms with E-state index in [1.165, 1.54) is 32.1 Å². The Bertz CT molecular complexity index is 164. The van der Waals surface area contributed by atoms with E-state index < -0.39 is 0 Å². The second kappa shape index (κ2) is 5.46. The second-order valence-corrected chi connectivity index (χ2v) is 3.52. The predicted molar refractivity (Wildman–Crippen MR) is 49.8 cm³/mol. The van der Waals surface area contributed by atoms with Crippen LogP contribution in [-0.4, -0.2) is 0 Å². The third-order valence-corrected chi connectivity index (χ3v) is 2.30. The van der Waals surface area contributed by atoms with Crippen molar-refractivity contribution in [1.29, 1.82) is 0 Å². The fourth-order valence-corrected chi connectivity index (χ4v) is 1.52. The molecule has 0 aromatic heterocycles. The van der Waals surface area contributed by atoms with Gasteiger partial charge in [0.1, 0.15) is 0 Å². The lowest BCUT2D eigenvalue weighted by atomic mass is 10.1. The summed E-state index contributed by atoms with van der Waals surface area (Å²) in [6.45, 7) is 0. The normalized spacial score (nSPS) is 21.0. The highest BCUT2D eigenvalue weighted by molar-refractivity contribution is 6.29. The van der Waals surface area contributed by atoms with Crippen LogP contribution in [0.15, 0.2) is 16.8 Å². The van der Waals surface area contributed by atoms with E-state index in [4.69, 9.17) is 11.6 Å². The van der Waals surface area contributed by atoms with Gasteiger partial charge in [0.15, 0.2) is 0 Å². The van der Waals surface area contributed by atoms with Crippen LogP contribution in [0.3, 0.4) is 0 Å². The number of hydrogen-bond donors (Lipinski definition) is 0. The first-order valence-electron chi connectivity index (χ1n) is 4.49. The predicted octanol–water partition coefficient (Wildman–Crippen LogP) is 4.01. The molecule has 0 atom stereocenters. The van der Waals surface area contributed by atoms with Crippen LogP contribution in [-0.2, 0) is 0 Å². The third kappa shape index (κ3) is 4.29. The molecular weight excluding hydrogens is 156 g/mol. The van der Waals surface area contributed by atoms with Crippen LogP contribution in [0.4, 0.5) is 0 Å². The van der Waals surface area contributed by atoms with Crippen molar-refractivity contribution < 1.29 is 0 Å². The van der Waals surface area contributed by atoms with Crippen LogP contribution in [0.2, 0.25) is 0 Å². The molecular formula is C10H15Cl. The summed E-state index contributed by atoms with van der Waals surface area (Å²) in [6, 6.07) is 0. The van der Waals surface area contributed by atoms with E-state index in [0.717, 1.165) is 17.9 Å². The minimum Gasteiger partial charge on any atom is -0.109 e. The summed E-state index contributed by atoms with van der Waals surface area (Å²) in [5, 5.41) is 0.909. The molecule has 62 valence electrons. The first-order valence-corrected chi connectivity index (χ1v) is 4.87. The highest BCUT2D eigenvalue weighted by Crippen LogP contribution is 2.15. The zero-order valence-electron chi connectivity index (χ0n) is 6.91. The molecule has 0 aromatic rings. The third-order valence-electron chi connectivity index (χ3n) is 2.00. The molecule has 0 heterocycles. The molecule has 0 radical (unpaired) electrons. The van der Waals surface area contributed by atoms with Crippen LogP contribution in [0.1, 0.15) is 44.9 Å². The van der Waals surface area contributed by atoms with Gasteiger partial charge in [-0.15, -0.1) is 5.73 Å². The molecule has 0 aromatic carbocycles. The van der Waals surface area contributed by atoms with Gasteiger partial charge in [-0.3, -0.25) is 0 Å². The lowest BCUT2D eigenvalue weighted by molar-refractivity contribution is 0.617. The molecule has 0 N–H and O–H groups in total. The molecule has 1 aliphatic carbocycles. The first kappa shape index (κ1) is 8.90. The number of rotatable bonds is 0. The van der Waals surface area contributed by atoms with Gasteiger partial charge in [0.05, 0.1) is 5.03 Å². The van der Waals surface area contributed by atoms with E-state index in [2.05, 4.69) is 11.8 Å². The van der Waals surface area contributed by atoms with Crippen LogP contribution in [0, 0.1) is 0 Å². The van der Waals surface area contributed by atoms with Crippen molar-refractivity contribution in [2.45, 2.75) is 44.9 Å². The van der Waals surface area contributed by atoms with E-state index in [1.54, 1.807) is 0 Å². The average Bonchev–Trinajstić information content (AvgIpc) is 2.03. The first-order chi connectivity index (χ1) is 5.39. The Labute approximate surface area is 73.9 Å². The number of allylic oxidation sites excluding steroid dienone is 1. The fraction of sp³-hybridized carbons (Fsp3) is 0.700. The Hall–Kier alpha value is -0.190. The monoisotopic (exact) mass is 170 g/mol. The maximum Gasteiger partial charge on any atom is 0.0594 e. The Morgan fingerprint density at radius 2 is 1.82 bits per heavy atom. The largest absolute Gasteiger partial charge is 0.109 e. The summed E-state index contributed by atoms with van der Waals surface area (Å²) >= 11 is 5.89. The Balaban J connectivity index is 2.42. The second-order valence-electron chi connectivity index (χ2n) is 3.06. The summed E-state index contributed by atoms with van der Waals surface area (Å²) < 4.78 is 0. The van der Waals surface area contributed by atoms with Crippen molar-refractivity contribution in [1.82, 2.24) is 0 Å². The smallest absolute Gasteiger partial charge is 0.0594 e. The molecule has 0 nitrogen and oxygen atoms in total. The van der Waals surface area contributed by atoms with Crippen molar-refractivity contribution in [3.8, 4) is 0 Å². The molecule has 0 aliphatic heterocycles. The maximum atomic E-state index is 5.89. The maximum absolute atomic E-state index is 5.89. The molecule has 0 spiro atoms. The lowest BCUT2D eigenvalue weighted by Crippen LogP contribution is -1.81. The highest BCUT2D eigenvalue weighted by atomic mass is 35.5. The van der Waals surface area contributed by atoms with Crippen molar-refractivity contribution in [3.63, 3.8) is 0 Å². The van der Waals surface area contributed by atoms with Gasteiger partial charge in [-0.25, -0.2) is 0 Å². The SMILES string of the molecule is ClC1=C=CCCCCCCC1. The van der Waals surface area contributed by atoms with E-state index in [9.17, 15) is 0 Å². The van der Waals surface area contributed by atoms with Gasteiger partial charge in [-0.2, -0.15) is 0 Å². The fourth-order valence-electron chi connectivity index (χ4n) is 1.31. The van der Waals surface area contributed by atoms with E-state index in [-0.39, 0.29) is 0 Å². The summed E-state index contributed by atoms with van der Waals surface area (Å²) in [4.78, 5) is 0. The molecule has 0 saturated heterocycles. The number of halogens is 1. The lowest BCUT2D eigenvalue weighted by Gasteiger charge is -2.00. The molecule has 0 bridgehead atoms. The van der Waals surface area contributed by atoms with Gasteiger partial charge in [-0.1, -0.05) is 30.9 Å². The van der Waals surface area contributed by atoms with Gasteiger partial charge in [0, 0.05) is 0 Å². The Kier molecular flexibility index (Phi) is 4.42. The van der Waals surface area contributed by atoms with Gasteiger partial charge >= 0.3 is 0 Å². The summed E-state index contributed by atoms with van der Waals surface area (Å²) in [7, 11) is 0. The summed E-state index contributed by atoms with van der Waals surface area (Å²) in [5.41, 5.74) is 3.11. The van der Waals surface area contributed by atoms with Crippen molar-refractivity contribution in [2.24, 2.45) is 0 Å². The zero-order chi connectivity index (χ0) is 7.94. The zero-order valence-corrected chi connectivity index (χ0v) is 7.66. The molecule has 1 heteroatoms. The van der Waals surface area contributed by atoms with E-state index in [0.29, 0.717) is 0 Å². The molecule has 1 rings (SSSR count). The molecule has 1 aliphatic rings. The van der Waals surface area contributed by atoms with Crippen molar-refractivity contribution in [3.05, 3.63) is 16.8 Å². The van der Waals surface area contributed by atoms with Gasteiger partial charge in [0.2, 0.25) is 0 Å². The van der Waals surface area contributed by atoms with Crippen LogP contribution < -0.4 is 0 Å². The van der Waals surface area contributed by atoms with Crippen molar-refractivity contribution >= 4 is 11.6 Å². The topological polar surface area (TPSA) is 0 Å². The molecule has 11 heavy (non-hydrogen) atoms. The summed E-state index contributed by atoms with van der Waals surface area (Å²) in [6.07, 6.45) is 10.9. The molecule has 0 unspecified atom stereocenters. The van der Waals surface area contributed by atoms with Crippen LogP contribution in [0.5, 0.6) is 0 Å². The van der Waals surface area contributed by atoms with Gasteiger partial charge < -0.3 is 0 Å². The van der Waals surface area contributed by atoms with Crippen LogP contribution >= 0.6 is 11.6 Å². The van der Waals surface area contributed by atoms with Gasteiger partial charge in [-0.05, 0) is 31.8 Å².